The van der Waals surface area contributed by atoms with Gasteiger partial charge in [0, 0.05) is 24.7 Å². The molecule has 1 fully saturated rings. The third-order valence-electron chi connectivity index (χ3n) is 3.42. The van der Waals surface area contributed by atoms with Crippen LogP contribution in [0.4, 0.5) is 0 Å². The molecule has 1 aliphatic rings. The van der Waals surface area contributed by atoms with E-state index in [0.717, 1.165) is 19.5 Å². The van der Waals surface area contributed by atoms with Crippen molar-refractivity contribution in [2.75, 3.05) is 19.6 Å². The lowest BCUT2D eigenvalue weighted by molar-refractivity contribution is 0.242. The number of benzene rings is 1. The second kappa shape index (κ2) is 5.79. The summed E-state index contributed by atoms with van der Waals surface area (Å²) in [5.74, 6) is 0. The van der Waals surface area contributed by atoms with Gasteiger partial charge >= 0.3 is 0 Å². The summed E-state index contributed by atoms with van der Waals surface area (Å²) in [6.45, 7) is 5.72. The maximum Gasteiger partial charge on any atom is 0.243 e. The van der Waals surface area contributed by atoms with Gasteiger partial charge in [0.05, 0.1) is 10.9 Å². The standard InChI is InChI=1S/C13H19ClN2O2S/c1-3-7-16(11-8-15-9-11)19(17,18)13-6-4-5-12(14)10(13)2/h4-6,11,15H,3,7-9H2,1-2H3. The first-order valence-corrected chi connectivity index (χ1v) is 8.28. The van der Waals surface area contributed by atoms with Crippen molar-refractivity contribution in [2.45, 2.75) is 31.2 Å². The quantitative estimate of drug-likeness (QED) is 0.905. The highest BCUT2D eigenvalue weighted by atomic mass is 35.5. The molecule has 6 heteroatoms. The van der Waals surface area contributed by atoms with Crippen LogP contribution in [0.2, 0.25) is 5.02 Å². The fourth-order valence-corrected chi connectivity index (χ4v) is 4.39. The monoisotopic (exact) mass is 302 g/mol. The number of sulfonamides is 1. The molecule has 0 saturated carbocycles. The lowest BCUT2D eigenvalue weighted by atomic mass is 10.2. The normalized spacial score (nSPS) is 16.6. The molecule has 1 aromatic rings. The van der Waals surface area contributed by atoms with Gasteiger partial charge in [0.15, 0.2) is 0 Å². The van der Waals surface area contributed by atoms with Gasteiger partial charge in [0.2, 0.25) is 10.0 Å². The van der Waals surface area contributed by atoms with Gasteiger partial charge in [-0.3, -0.25) is 0 Å². The minimum atomic E-state index is -3.47. The zero-order valence-corrected chi connectivity index (χ0v) is 12.8. The Morgan fingerprint density at radius 2 is 2.11 bits per heavy atom. The second-order valence-corrected chi connectivity index (χ2v) is 7.06. The highest BCUT2D eigenvalue weighted by Crippen LogP contribution is 2.27. The van der Waals surface area contributed by atoms with Crippen molar-refractivity contribution in [3.8, 4) is 0 Å². The molecule has 1 N–H and O–H groups in total. The predicted molar refractivity (Wildman–Crippen MR) is 77.0 cm³/mol. The Bertz CT molecular complexity index is 556. The average molecular weight is 303 g/mol. The van der Waals surface area contributed by atoms with Crippen LogP contribution in [0.25, 0.3) is 0 Å². The largest absolute Gasteiger partial charge is 0.313 e. The molecule has 0 bridgehead atoms. The molecule has 0 spiro atoms. The third-order valence-corrected chi connectivity index (χ3v) is 5.92. The first-order chi connectivity index (χ1) is 8.98. The first-order valence-electron chi connectivity index (χ1n) is 6.46. The van der Waals surface area contributed by atoms with Crippen molar-refractivity contribution >= 4 is 21.6 Å². The summed E-state index contributed by atoms with van der Waals surface area (Å²) in [5.41, 5.74) is 0.623. The molecule has 2 rings (SSSR count). The van der Waals surface area contributed by atoms with Gasteiger partial charge in [-0.25, -0.2) is 8.42 Å². The molecule has 0 amide bonds. The van der Waals surface area contributed by atoms with E-state index < -0.39 is 10.0 Å². The summed E-state index contributed by atoms with van der Waals surface area (Å²) in [6.07, 6.45) is 0.801. The van der Waals surface area contributed by atoms with Gasteiger partial charge in [0.25, 0.3) is 0 Å². The van der Waals surface area contributed by atoms with Crippen molar-refractivity contribution in [3.63, 3.8) is 0 Å². The fraction of sp³-hybridized carbons (Fsp3) is 0.538. The van der Waals surface area contributed by atoms with Crippen LogP contribution in [-0.2, 0) is 10.0 Å². The number of rotatable bonds is 5. The Balaban J connectivity index is 2.41. The van der Waals surface area contributed by atoms with Gasteiger partial charge in [-0.2, -0.15) is 4.31 Å². The maximum atomic E-state index is 12.8. The van der Waals surface area contributed by atoms with Gasteiger partial charge in [-0.1, -0.05) is 24.6 Å². The number of hydrogen-bond donors (Lipinski definition) is 1. The minimum Gasteiger partial charge on any atom is -0.313 e. The molecule has 0 aliphatic carbocycles. The zero-order chi connectivity index (χ0) is 14.0. The number of hydrogen-bond acceptors (Lipinski definition) is 3. The van der Waals surface area contributed by atoms with Crippen molar-refractivity contribution < 1.29 is 8.42 Å². The van der Waals surface area contributed by atoms with Crippen LogP contribution in [-0.4, -0.2) is 38.4 Å². The molecule has 1 heterocycles. The van der Waals surface area contributed by atoms with Crippen LogP contribution in [0.5, 0.6) is 0 Å². The van der Waals surface area contributed by atoms with Gasteiger partial charge in [-0.15, -0.1) is 0 Å². The Morgan fingerprint density at radius 1 is 1.42 bits per heavy atom. The number of halogens is 1. The summed E-state index contributed by atoms with van der Waals surface area (Å²) >= 11 is 6.03. The smallest absolute Gasteiger partial charge is 0.243 e. The molecule has 0 aromatic heterocycles. The van der Waals surface area contributed by atoms with E-state index in [1.54, 1.807) is 29.4 Å². The lowest BCUT2D eigenvalue weighted by Gasteiger charge is -2.37. The Kier molecular flexibility index (Phi) is 4.50. The van der Waals surface area contributed by atoms with E-state index in [0.29, 0.717) is 22.0 Å². The van der Waals surface area contributed by atoms with Crippen molar-refractivity contribution in [1.82, 2.24) is 9.62 Å². The van der Waals surface area contributed by atoms with E-state index in [9.17, 15) is 8.42 Å². The van der Waals surface area contributed by atoms with Crippen LogP contribution >= 0.6 is 11.6 Å². The summed E-state index contributed by atoms with van der Waals surface area (Å²) in [7, 11) is -3.47. The van der Waals surface area contributed by atoms with Crippen LogP contribution < -0.4 is 5.32 Å². The van der Waals surface area contributed by atoms with Gasteiger partial charge in [0.1, 0.15) is 0 Å². The van der Waals surface area contributed by atoms with E-state index >= 15 is 0 Å². The number of nitrogens with zero attached hydrogens (tertiary/aromatic N) is 1. The number of nitrogens with one attached hydrogen (secondary N) is 1. The summed E-state index contributed by atoms with van der Waals surface area (Å²) in [5, 5.41) is 3.61. The Labute approximate surface area is 119 Å². The van der Waals surface area contributed by atoms with E-state index in [2.05, 4.69) is 5.32 Å². The lowest BCUT2D eigenvalue weighted by Crippen LogP contribution is -2.58. The highest BCUT2D eigenvalue weighted by molar-refractivity contribution is 7.89. The SMILES string of the molecule is CCCN(C1CNC1)S(=O)(=O)c1cccc(Cl)c1C. The van der Waals surface area contributed by atoms with E-state index in [1.165, 1.54) is 0 Å². The van der Waals surface area contributed by atoms with E-state index in [4.69, 9.17) is 11.6 Å². The first kappa shape index (κ1) is 14.8. The van der Waals surface area contributed by atoms with Gasteiger partial charge < -0.3 is 5.32 Å². The Morgan fingerprint density at radius 3 is 2.63 bits per heavy atom. The predicted octanol–water partition coefficient (Wildman–Crippen LogP) is 2.02. The topological polar surface area (TPSA) is 49.4 Å². The van der Waals surface area contributed by atoms with Crippen LogP contribution in [0, 0.1) is 6.92 Å². The molecule has 1 saturated heterocycles. The van der Waals surface area contributed by atoms with E-state index in [1.807, 2.05) is 6.92 Å². The van der Waals surface area contributed by atoms with Crippen LogP contribution in [0.1, 0.15) is 18.9 Å². The molecular weight excluding hydrogens is 284 g/mol. The fourth-order valence-electron chi connectivity index (χ4n) is 2.19. The maximum absolute atomic E-state index is 12.8. The molecule has 1 aliphatic heterocycles. The summed E-state index contributed by atoms with van der Waals surface area (Å²) < 4.78 is 27.1. The summed E-state index contributed by atoms with van der Waals surface area (Å²) in [6, 6.07) is 5.09. The molecule has 0 radical (unpaired) electrons. The molecule has 1 aromatic carbocycles. The van der Waals surface area contributed by atoms with Crippen molar-refractivity contribution in [3.05, 3.63) is 28.8 Å². The minimum absolute atomic E-state index is 0.0586. The highest BCUT2D eigenvalue weighted by Gasteiger charge is 2.35. The van der Waals surface area contributed by atoms with Crippen LogP contribution in [0.15, 0.2) is 23.1 Å². The van der Waals surface area contributed by atoms with E-state index in [-0.39, 0.29) is 6.04 Å². The second-order valence-electron chi connectivity index (χ2n) is 4.79. The molecule has 0 atom stereocenters. The zero-order valence-electron chi connectivity index (χ0n) is 11.2. The third kappa shape index (κ3) is 2.79. The molecule has 4 nitrogen and oxygen atoms in total. The van der Waals surface area contributed by atoms with Crippen molar-refractivity contribution in [1.29, 1.82) is 0 Å². The van der Waals surface area contributed by atoms with Crippen LogP contribution in [0.3, 0.4) is 0 Å². The average Bonchev–Trinajstić information content (AvgIpc) is 2.29. The molecule has 106 valence electrons. The molecule has 19 heavy (non-hydrogen) atoms. The molecular formula is C13H19ClN2O2S. The van der Waals surface area contributed by atoms with Gasteiger partial charge in [-0.05, 0) is 31.0 Å². The Hall–Kier alpha value is -0.620. The van der Waals surface area contributed by atoms with Crippen molar-refractivity contribution in [2.24, 2.45) is 0 Å². The summed E-state index contributed by atoms with van der Waals surface area (Å²) in [4.78, 5) is 0.320. The molecule has 0 unspecified atom stereocenters.